The van der Waals surface area contributed by atoms with Crippen LogP contribution >= 0.6 is 0 Å². The van der Waals surface area contributed by atoms with Crippen molar-refractivity contribution in [1.29, 1.82) is 0 Å². The largest absolute Gasteiger partial charge is 0.378 e. The van der Waals surface area contributed by atoms with Crippen molar-refractivity contribution in [2.45, 2.75) is 70.9 Å². The predicted octanol–water partition coefficient (Wildman–Crippen LogP) is 3.36. The standard InChI is InChI=1S/C14H29NO/c1-4-7-12(2)14(15-3)10-9-13-8-5-6-11-16-13/h12-15H,4-11H2,1-3H3. The van der Waals surface area contributed by atoms with Crippen LogP contribution in [0.2, 0.25) is 0 Å². The lowest BCUT2D eigenvalue weighted by Crippen LogP contribution is -2.33. The first-order valence-corrected chi connectivity index (χ1v) is 7.06. The molecule has 2 nitrogen and oxygen atoms in total. The summed E-state index contributed by atoms with van der Waals surface area (Å²) in [5.41, 5.74) is 0. The molecule has 0 aromatic carbocycles. The minimum absolute atomic E-state index is 0.540. The van der Waals surface area contributed by atoms with Crippen molar-refractivity contribution >= 4 is 0 Å². The summed E-state index contributed by atoms with van der Waals surface area (Å²) in [5.74, 6) is 0.790. The maximum atomic E-state index is 5.78. The van der Waals surface area contributed by atoms with Crippen molar-refractivity contribution in [3.8, 4) is 0 Å². The molecular weight excluding hydrogens is 198 g/mol. The second-order valence-corrected chi connectivity index (χ2v) is 5.23. The van der Waals surface area contributed by atoms with Gasteiger partial charge in [-0.15, -0.1) is 0 Å². The van der Waals surface area contributed by atoms with Gasteiger partial charge in [0.2, 0.25) is 0 Å². The molecule has 96 valence electrons. The van der Waals surface area contributed by atoms with Gasteiger partial charge >= 0.3 is 0 Å². The van der Waals surface area contributed by atoms with Crippen molar-refractivity contribution in [1.82, 2.24) is 5.32 Å². The van der Waals surface area contributed by atoms with Crippen LogP contribution in [0.3, 0.4) is 0 Å². The summed E-state index contributed by atoms with van der Waals surface area (Å²) in [6, 6.07) is 0.672. The van der Waals surface area contributed by atoms with E-state index in [0.717, 1.165) is 12.5 Å². The monoisotopic (exact) mass is 227 g/mol. The Morgan fingerprint density at radius 2 is 2.12 bits per heavy atom. The van der Waals surface area contributed by atoms with E-state index in [1.807, 2.05) is 0 Å². The Labute approximate surface area is 101 Å². The van der Waals surface area contributed by atoms with E-state index in [1.165, 1.54) is 44.9 Å². The molecule has 1 N–H and O–H groups in total. The van der Waals surface area contributed by atoms with Crippen molar-refractivity contribution in [2.75, 3.05) is 13.7 Å². The van der Waals surface area contributed by atoms with Crippen LogP contribution in [-0.2, 0) is 4.74 Å². The fourth-order valence-electron chi connectivity index (χ4n) is 2.77. The first kappa shape index (κ1) is 14.0. The molecule has 0 amide bonds. The molecule has 1 fully saturated rings. The van der Waals surface area contributed by atoms with E-state index in [9.17, 15) is 0 Å². The van der Waals surface area contributed by atoms with E-state index in [-0.39, 0.29) is 0 Å². The Kier molecular flexibility index (Phi) is 7.06. The Hall–Kier alpha value is -0.0800. The fraction of sp³-hybridized carbons (Fsp3) is 1.00. The lowest BCUT2D eigenvalue weighted by Gasteiger charge is -2.27. The molecule has 1 aliphatic heterocycles. The Balaban J connectivity index is 2.21. The molecule has 0 radical (unpaired) electrons. The smallest absolute Gasteiger partial charge is 0.0575 e. The highest BCUT2D eigenvalue weighted by Crippen LogP contribution is 2.21. The summed E-state index contributed by atoms with van der Waals surface area (Å²) in [7, 11) is 2.10. The summed E-state index contributed by atoms with van der Waals surface area (Å²) in [4.78, 5) is 0. The summed E-state index contributed by atoms with van der Waals surface area (Å²) in [5, 5.41) is 3.47. The van der Waals surface area contributed by atoms with E-state index < -0.39 is 0 Å². The molecule has 1 heterocycles. The molecule has 1 rings (SSSR count). The Bertz CT molecular complexity index is 166. The number of hydrogen-bond donors (Lipinski definition) is 1. The first-order valence-electron chi connectivity index (χ1n) is 7.06. The van der Waals surface area contributed by atoms with Gasteiger partial charge in [0.15, 0.2) is 0 Å². The van der Waals surface area contributed by atoms with Gasteiger partial charge in [-0.25, -0.2) is 0 Å². The second kappa shape index (κ2) is 8.08. The van der Waals surface area contributed by atoms with Gasteiger partial charge < -0.3 is 10.1 Å². The first-order chi connectivity index (χ1) is 7.77. The lowest BCUT2D eigenvalue weighted by molar-refractivity contribution is 0.00771. The van der Waals surface area contributed by atoms with Gasteiger partial charge in [-0.05, 0) is 51.5 Å². The van der Waals surface area contributed by atoms with Crippen molar-refractivity contribution in [3.63, 3.8) is 0 Å². The molecule has 16 heavy (non-hydrogen) atoms. The van der Waals surface area contributed by atoms with Crippen molar-refractivity contribution in [3.05, 3.63) is 0 Å². The number of hydrogen-bond acceptors (Lipinski definition) is 2. The molecule has 1 saturated heterocycles. The number of nitrogens with one attached hydrogen (secondary N) is 1. The van der Waals surface area contributed by atoms with E-state index in [2.05, 4.69) is 26.2 Å². The minimum Gasteiger partial charge on any atom is -0.378 e. The third-order valence-corrected chi connectivity index (χ3v) is 3.88. The summed E-state index contributed by atoms with van der Waals surface area (Å²) in [6.45, 7) is 5.62. The average Bonchev–Trinajstić information content (AvgIpc) is 2.31. The van der Waals surface area contributed by atoms with E-state index >= 15 is 0 Å². The van der Waals surface area contributed by atoms with Crippen LogP contribution in [0.25, 0.3) is 0 Å². The van der Waals surface area contributed by atoms with Crippen LogP contribution in [0.5, 0.6) is 0 Å². The average molecular weight is 227 g/mol. The molecule has 0 aromatic rings. The normalized spacial score (nSPS) is 25.3. The fourth-order valence-corrected chi connectivity index (χ4v) is 2.77. The van der Waals surface area contributed by atoms with E-state index in [0.29, 0.717) is 12.1 Å². The molecule has 3 unspecified atom stereocenters. The van der Waals surface area contributed by atoms with Crippen LogP contribution in [-0.4, -0.2) is 25.8 Å². The lowest BCUT2D eigenvalue weighted by atomic mass is 9.91. The highest BCUT2D eigenvalue weighted by molar-refractivity contribution is 4.74. The van der Waals surface area contributed by atoms with Gasteiger partial charge in [0.25, 0.3) is 0 Å². The quantitative estimate of drug-likeness (QED) is 0.720. The van der Waals surface area contributed by atoms with Crippen LogP contribution in [0.1, 0.15) is 58.8 Å². The molecule has 3 atom stereocenters. The molecule has 0 saturated carbocycles. The molecule has 1 aliphatic rings. The summed E-state index contributed by atoms with van der Waals surface area (Å²) < 4.78 is 5.78. The van der Waals surface area contributed by atoms with Crippen LogP contribution in [0.4, 0.5) is 0 Å². The zero-order valence-electron chi connectivity index (χ0n) is 11.3. The zero-order valence-corrected chi connectivity index (χ0v) is 11.3. The third-order valence-electron chi connectivity index (χ3n) is 3.88. The van der Waals surface area contributed by atoms with E-state index in [4.69, 9.17) is 4.74 Å². The van der Waals surface area contributed by atoms with Gasteiger partial charge in [0.05, 0.1) is 6.10 Å². The molecular formula is C14H29NO. The predicted molar refractivity (Wildman–Crippen MR) is 69.7 cm³/mol. The zero-order chi connectivity index (χ0) is 11.8. The Morgan fingerprint density at radius 3 is 2.69 bits per heavy atom. The van der Waals surface area contributed by atoms with Crippen LogP contribution in [0, 0.1) is 5.92 Å². The van der Waals surface area contributed by atoms with Gasteiger partial charge in [-0.2, -0.15) is 0 Å². The third kappa shape index (κ3) is 4.84. The summed E-state index contributed by atoms with van der Waals surface area (Å²) in [6.07, 6.45) is 9.56. The molecule has 0 aliphatic carbocycles. The van der Waals surface area contributed by atoms with Gasteiger partial charge in [0, 0.05) is 12.6 Å². The highest BCUT2D eigenvalue weighted by atomic mass is 16.5. The molecule has 0 bridgehead atoms. The second-order valence-electron chi connectivity index (χ2n) is 5.23. The minimum atomic E-state index is 0.540. The molecule has 0 aromatic heterocycles. The number of rotatable bonds is 7. The maximum Gasteiger partial charge on any atom is 0.0575 e. The highest BCUT2D eigenvalue weighted by Gasteiger charge is 2.19. The van der Waals surface area contributed by atoms with E-state index in [1.54, 1.807) is 0 Å². The SMILES string of the molecule is CCCC(C)C(CCC1CCCCO1)NC. The van der Waals surface area contributed by atoms with Gasteiger partial charge in [-0.1, -0.05) is 20.3 Å². The Morgan fingerprint density at radius 1 is 1.31 bits per heavy atom. The van der Waals surface area contributed by atoms with Crippen LogP contribution < -0.4 is 5.32 Å². The topological polar surface area (TPSA) is 21.3 Å². The van der Waals surface area contributed by atoms with Crippen molar-refractivity contribution in [2.24, 2.45) is 5.92 Å². The number of ether oxygens (including phenoxy) is 1. The molecule has 2 heteroatoms. The summed E-state index contributed by atoms with van der Waals surface area (Å²) >= 11 is 0. The van der Waals surface area contributed by atoms with Crippen LogP contribution in [0.15, 0.2) is 0 Å². The molecule has 0 spiro atoms. The van der Waals surface area contributed by atoms with Gasteiger partial charge in [0.1, 0.15) is 0 Å². The van der Waals surface area contributed by atoms with Gasteiger partial charge in [-0.3, -0.25) is 0 Å². The van der Waals surface area contributed by atoms with Crippen molar-refractivity contribution < 1.29 is 4.74 Å². The maximum absolute atomic E-state index is 5.78.